The molecule has 2 heterocycles. The van der Waals surface area contributed by atoms with Crippen molar-refractivity contribution in [1.29, 1.82) is 0 Å². The zero-order valence-corrected chi connectivity index (χ0v) is 13.8. The third-order valence-electron chi connectivity index (χ3n) is 4.46. The summed E-state index contributed by atoms with van der Waals surface area (Å²) >= 11 is 3.75. The number of thiophene rings is 1. The van der Waals surface area contributed by atoms with Gasteiger partial charge >= 0.3 is 0 Å². The molecule has 20 heavy (non-hydrogen) atoms. The number of hydrogen-bond donors (Lipinski definition) is 0. The SMILES string of the molecule is Cc1ccc([C@@H]2SCCN2C(=O)CCC2CCCC2)s1. The molecule has 0 unspecified atom stereocenters. The fraction of sp³-hybridized carbons (Fsp3) is 0.688. The van der Waals surface area contributed by atoms with Crippen LogP contribution in [-0.4, -0.2) is 23.1 Å². The number of carbonyl (C=O) groups is 1. The van der Waals surface area contributed by atoms with Crippen LogP contribution in [0.15, 0.2) is 12.1 Å². The van der Waals surface area contributed by atoms with E-state index in [2.05, 4.69) is 24.0 Å². The van der Waals surface area contributed by atoms with Crippen molar-refractivity contribution in [2.75, 3.05) is 12.3 Å². The van der Waals surface area contributed by atoms with E-state index >= 15 is 0 Å². The van der Waals surface area contributed by atoms with Crippen LogP contribution in [0.25, 0.3) is 0 Å². The summed E-state index contributed by atoms with van der Waals surface area (Å²) in [5.74, 6) is 2.27. The van der Waals surface area contributed by atoms with Gasteiger partial charge in [-0.05, 0) is 31.4 Å². The molecule has 1 aromatic rings. The fourth-order valence-electron chi connectivity index (χ4n) is 3.32. The van der Waals surface area contributed by atoms with Gasteiger partial charge in [0.1, 0.15) is 5.37 Å². The maximum absolute atomic E-state index is 12.5. The minimum atomic E-state index is 0.282. The van der Waals surface area contributed by atoms with Crippen molar-refractivity contribution in [3.63, 3.8) is 0 Å². The molecule has 0 aromatic carbocycles. The van der Waals surface area contributed by atoms with Gasteiger partial charge in [0.2, 0.25) is 5.91 Å². The van der Waals surface area contributed by atoms with Crippen LogP contribution in [0.3, 0.4) is 0 Å². The lowest BCUT2D eigenvalue weighted by atomic mass is 10.0. The summed E-state index contributed by atoms with van der Waals surface area (Å²) in [5, 5.41) is 0.282. The van der Waals surface area contributed by atoms with Crippen molar-refractivity contribution in [2.24, 2.45) is 5.92 Å². The Morgan fingerprint density at radius 1 is 1.35 bits per heavy atom. The van der Waals surface area contributed by atoms with Gasteiger partial charge in [0.25, 0.3) is 0 Å². The van der Waals surface area contributed by atoms with Crippen LogP contribution in [0.1, 0.15) is 53.7 Å². The van der Waals surface area contributed by atoms with E-state index < -0.39 is 0 Å². The molecule has 1 saturated heterocycles. The van der Waals surface area contributed by atoms with Crippen LogP contribution < -0.4 is 0 Å². The smallest absolute Gasteiger partial charge is 0.223 e. The number of thioether (sulfide) groups is 1. The van der Waals surface area contributed by atoms with Gasteiger partial charge in [-0.3, -0.25) is 4.79 Å². The monoisotopic (exact) mass is 309 g/mol. The molecule has 1 atom stereocenters. The van der Waals surface area contributed by atoms with Gasteiger partial charge in [-0.2, -0.15) is 0 Å². The van der Waals surface area contributed by atoms with Gasteiger partial charge in [-0.15, -0.1) is 23.1 Å². The molecule has 1 aromatic heterocycles. The first-order valence-corrected chi connectivity index (χ1v) is 9.58. The maximum atomic E-state index is 12.5. The summed E-state index contributed by atoms with van der Waals surface area (Å²) in [6.07, 6.45) is 7.29. The molecule has 0 N–H and O–H groups in total. The molecule has 110 valence electrons. The Labute approximate surface area is 129 Å². The Balaban J connectivity index is 1.58. The number of carbonyl (C=O) groups excluding carboxylic acids is 1. The molecular formula is C16H23NOS2. The van der Waals surface area contributed by atoms with Crippen molar-refractivity contribution in [3.05, 3.63) is 21.9 Å². The molecule has 1 aliphatic carbocycles. The molecule has 0 bridgehead atoms. The summed E-state index contributed by atoms with van der Waals surface area (Å²) in [6, 6.07) is 4.36. The number of aryl methyl sites for hydroxylation is 1. The third kappa shape index (κ3) is 3.22. The lowest BCUT2D eigenvalue weighted by molar-refractivity contribution is -0.131. The average molecular weight is 310 g/mol. The van der Waals surface area contributed by atoms with Crippen LogP contribution in [0.5, 0.6) is 0 Å². The Morgan fingerprint density at radius 2 is 2.15 bits per heavy atom. The Hall–Kier alpha value is -0.480. The van der Waals surface area contributed by atoms with Gasteiger partial charge in [0.05, 0.1) is 0 Å². The summed E-state index contributed by atoms with van der Waals surface area (Å²) in [7, 11) is 0. The predicted molar refractivity (Wildman–Crippen MR) is 87.2 cm³/mol. The molecule has 2 fully saturated rings. The Bertz CT molecular complexity index is 465. The van der Waals surface area contributed by atoms with Crippen molar-refractivity contribution in [2.45, 2.75) is 50.8 Å². The second-order valence-corrected chi connectivity index (χ2v) is 8.46. The minimum absolute atomic E-state index is 0.282. The molecular weight excluding hydrogens is 286 g/mol. The van der Waals surface area contributed by atoms with Gasteiger partial charge < -0.3 is 4.90 Å². The van der Waals surface area contributed by atoms with Crippen LogP contribution in [-0.2, 0) is 4.79 Å². The molecule has 0 spiro atoms. The first-order valence-electron chi connectivity index (χ1n) is 7.71. The van der Waals surface area contributed by atoms with Gasteiger partial charge in [-0.1, -0.05) is 25.7 Å². The molecule has 1 aliphatic heterocycles. The van der Waals surface area contributed by atoms with E-state index in [1.807, 2.05) is 23.1 Å². The van der Waals surface area contributed by atoms with Crippen LogP contribution >= 0.6 is 23.1 Å². The fourth-order valence-corrected chi connectivity index (χ4v) is 5.71. The maximum Gasteiger partial charge on any atom is 0.223 e. The molecule has 0 radical (unpaired) electrons. The second kappa shape index (κ2) is 6.52. The summed E-state index contributed by atoms with van der Waals surface area (Å²) in [4.78, 5) is 17.3. The van der Waals surface area contributed by atoms with Crippen molar-refractivity contribution >= 4 is 29.0 Å². The Kier molecular flexibility index (Phi) is 4.72. The van der Waals surface area contributed by atoms with E-state index in [1.165, 1.54) is 35.4 Å². The van der Waals surface area contributed by atoms with Crippen LogP contribution in [0, 0.1) is 12.8 Å². The zero-order valence-electron chi connectivity index (χ0n) is 12.1. The third-order valence-corrected chi connectivity index (χ3v) is 6.90. The Morgan fingerprint density at radius 3 is 2.85 bits per heavy atom. The highest BCUT2D eigenvalue weighted by molar-refractivity contribution is 7.99. The first kappa shape index (κ1) is 14.5. The minimum Gasteiger partial charge on any atom is -0.325 e. The van der Waals surface area contributed by atoms with Gasteiger partial charge in [-0.25, -0.2) is 0 Å². The van der Waals surface area contributed by atoms with Crippen molar-refractivity contribution in [1.82, 2.24) is 4.90 Å². The summed E-state index contributed by atoms with van der Waals surface area (Å²) < 4.78 is 0. The average Bonchev–Trinajstić information content (AvgIpc) is 3.16. The highest BCUT2D eigenvalue weighted by atomic mass is 32.2. The predicted octanol–water partition coefficient (Wildman–Crippen LogP) is 4.60. The second-order valence-electron chi connectivity index (χ2n) is 5.95. The molecule has 1 amide bonds. The van der Waals surface area contributed by atoms with Crippen LogP contribution in [0.2, 0.25) is 0 Å². The largest absolute Gasteiger partial charge is 0.325 e. The molecule has 2 aliphatic rings. The van der Waals surface area contributed by atoms with E-state index in [4.69, 9.17) is 0 Å². The normalized spacial score (nSPS) is 23.6. The van der Waals surface area contributed by atoms with E-state index in [-0.39, 0.29) is 5.37 Å². The zero-order chi connectivity index (χ0) is 13.9. The van der Waals surface area contributed by atoms with E-state index in [0.29, 0.717) is 5.91 Å². The van der Waals surface area contributed by atoms with Crippen molar-refractivity contribution < 1.29 is 4.79 Å². The quantitative estimate of drug-likeness (QED) is 0.810. The lowest BCUT2D eigenvalue weighted by Gasteiger charge is -2.23. The van der Waals surface area contributed by atoms with Crippen molar-refractivity contribution in [3.8, 4) is 0 Å². The number of nitrogens with zero attached hydrogens (tertiary/aromatic N) is 1. The molecule has 3 rings (SSSR count). The highest BCUT2D eigenvalue weighted by Crippen LogP contribution is 2.41. The van der Waals surface area contributed by atoms with E-state index in [0.717, 1.165) is 31.1 Å². The topological polar surface area (TPSA) is 20.3 Å². The first-order chi connectivity index (χ1) is 9.74. The standard InChI is InChI=1S/C16H23NOS2/c1-12-6-8-14(20-12)16-17(10-11-19-16)15(18)9-7-13-4-2-3-5-13/h6,8,13,16H,2-5,7,9-11H2,1H3/t16-/m0/s1. The molecule has 4 heteroatoms. The van der Waals surface area contributed by atoms with Crippen LogP contribution in [0.4, 0.5) is 0 Å². The number of amides is 1. The lowest BCUT2D eigenvalue weighted by Crippen LogP contribution is -2.30. The highest BCUT2D eigenvalue weighted by Gasteiger charge is 2.31. The van der Waals surface area contributed by atoms with E-state index in [1.54, 1.807) is 0 Å². The van der Waals surface area contributed by atoms with Gasteiger partial charge in [0, 0.05) is 28.5 Å². The number of rotatable bonds is 4. The molecule has 1 saturated carbocycles. The summed E-state index contributed by atoms with van der Waals surface area (Å²) in [6.45, 7) is 3.07. The van der Waals surface area contributed by atoms with Gasteiger partial charge in [0.15, 0.2) is 0 Å². The van der Waals surface area contributed by atoms with E-state index in [9.17, 15) is 4.79 Å². The molecule has 2 nitrogen and oxygen atoms in total. The number of hydrogen-bond acceptors (Lipinski definition) is 3. The summed E-state index contributed by atoms with van der Waals surface area (Å²) in [5.41, 5.74) is 0.